The molecular formula is C20H25NO3S. The second kappa shape index (κ2) is 7.40. The number of rotatable bonds is 5. The summed E-state index contributed by atoms with van der Waals surface area (Å²) >= 11 is 0. The van der Waals surface area contributed by atoms with Gasteiger partial charge < -0.3 is 4.90 Å². The summed E-state index contributed by atoms with van der Waals surface area (Å²) in [5, 5.41) is 0. The SMILES string of the molecule is Cc1ccccc1S(=O)(=O)CC(=O)N(Cc1ccccc1)C(C)(C)C. The first-order valence-electron chi connectivity index (χ1n) is 8.24. The average molecular weight is 359 g/mol. The second-order valence-electron chi connectivity index (χ2n) is 7.16. The van der Waals surface area contributed by atoms with Crippen molar-refractivity contribution < 1.29 is 13.2 Å². The van der Waals surface area contributed by atoms with Gasteiger partial charge in [-0.15, -0.1) is 0 Å². The zero-order valence-electron chi connectivity index (χ0n) is 15.2. The van der Waals surface area contributed by atoms with E-state index in [-0.39, 0.29) is 10.8 Å². The molecule has 5 heteroatoms. The van der Waals surface area contributed by atoms with Crippen molar-refractivity contribution in [3.8, 4) is 0 Å². The Hall–Kier alpha value is -2.14. The van der Waals surface area contributed by atoms with Gasteiger partial charge in [-0.2, -0.15) is 0 Å². The van der Waals surface area contributed by atoms with Crippen molar-refractivity contribution in [2.75, 3.05) is 5.75 Å². The summed E-state index contributed by atoms with van der Waals surface area (Å²) in [5.74, 6) is -0.915. The molecule has 0 radical (unpaired) electrons. The smallest absolute Gasteiger partial charge is 0.238 e. The molecule has 1 amide bonds. The number of nitrogens with zero attached hydrogens (tertiary/aromatic N) is 1. The van der Waals surface area contributed by atoms with Crippen molar-refractivity contribution in [3.05, 3.63) is 65.7 Å². The molecule has 25 heavy (non-hydrogen) atoms. The molecule has 0 unspecified atom stereocenters. The van der Waals surface area contributed by atoms with Crippen LogP contribution in [0.4, 0.5) is 0 Å². The van der Waals surface area contributed by atoms with E-state index in [2.05, 4.69) is 0 Å². The van der Waals surface area contributed by atoms with E-state index < -0.39 is 21.1 Å². The van der Waals surface area contributed by atoms with E-state index in [9.17, 15) is 13.2 Å². The summed E-state index contributed by atoms with van der Waals surface area (Å²) < 4.78 is 25.4. The van der Waals surface area contributed by atoms with Gasteiger partial charge in [0, 0.05) is 12.1 Å². The van der Waals surface area contributed by atoms with Crippen molar-refractivity contribution in [1.29, 1.82) is 0 Å². The maximum atomic E-state index is 12.8. The quantitative estimate of drug-likeness (QED) is 0.820. The van der Waals surface area contributed by atoms with Crippen molar-refractivity contribution in [2.45, 2.75) is 44.7 Å². The van der Waals surface area contributed by atoms with Gasteiger partial charge in [-0.25, -0.2) is 8.42 Å². The van der Waals surface area contributed by atoms with E-state index in [0.717, 1.165) is 5.56 Å². The van der Waals surface area contributed by atoms with Gasteiger partial charge in [-0.05, 0) is 44.9 Å². The number of sulfone groups is 1. The summed E-state index contributed by atoms with van der Waals surface area (Å²) in [6, 6.07) is 16.3. The molecular weight excluding hydrogens is 334 g/mol. The van der Waals surface area contributed by atoms with Gasteiger partial charge in [-0.1, -0.05) is 48.5 Å². The minimum Gasteiger partial charge on any atom is -0.333 e. The number of amides is 1. The Kier molecular flexibility index (Phi) is 5.68. The summed E-state index contributed by atoms with van der Waals surface area (Å²) in [7, 11) is -3.68. The zero-order valence-corrected chi connectivity index (χ0v) is 16.0. The summed E-state index contributed by atoms with van der Waals surface area (Å²) in [4.78, 5) is 14.7. The molecule has 0 aliphatic carbocycles. The van der Waals surface area contributed by atoms with Crippen LogP contribution in [-0.2, 0) is 21.2 Å². The lowest BCUT2D eigenvalue weighted by molar-refractivity contribution is -0.133. The Morgan fingerprint density at radius 2 is 1.52 bits per heavy atom. The molecule has 0 bridgehead atoms. The predicted octanol–water partition coefficient (Wildman–Crippen LogP) is 3.60. The Balaban J connectivity index is 2.27. The van der Waals surface area contributed by atoms with Gasteiger partial charge in [0.1, 0.15) is 5.75 Å². The molecule has 134 valence electrons. The Morgan fingerprint density at radius 1 is 0.960 bits per heavy atom. The highest BCUT2D eigenvalue weighted by Crippen LogP contribution is 2.21. The van der Waals surface area contributed by atoms with E-state index >= 15 is 0 Å². The lowest BCUT2D eigenvalue weighted by atomic mass is 10.0. The maximum absolute atomic E-state index is 12.8. The van der Waals surface area contributed by atoms with Gasteiger partial charge in [0.05, 0.1) is 4.90 Å². The minimum absolute atomic E-state index is 0.219. The van der Waals surface area contributed by atoms with Crippen LogP contribution in [0.2, 0.25) is 0 Å². The molecule has 0 fully saturated rings. The van der Waals surface area contributed by atoms with Gasteiger partial charge >= 0.3 is 0 Å². The van der Waals surface area contributed by atoms with Crippen LogP contribution in [0.1, 0.15) is 31.9 Å². The number of hydrogen-bond donors (Lipinski definition) is 0. The van der Waals surface area contributed by atoms with E-state index in [1.165, 1.54) is 0 Å². The molecule has 0 spiro atoms. The lowest BCUT2D eigenvalue weighted by Gasteiger charge is -2.36. The largest absolute Gasteiger partial charge is 0.333 e. The molecule has 2 rings (SSSR count). The molecule has 0 atom stereocenters. The van der Waals surface area contributed by atoms with E-state index in [1.54, 1.807) is 36.1 Å². The highest BCUT2D eigenvalue weighted by Gasteiger charge is 2.31. The molecule has 2 aromatic carbocycles. The van der Waals surface area contributed by atoms with Gasteiger partial charge in [0.2, 0.25) is 5.91 Å². The molecule has 0 saturated carbocycles. The van der Waals surface area contributed by atoms with E-state index in [0.29, 0.717) is 12.1 Å². The average Bonchev–Trinajstić information content (AvgIpc) is 2.52. The Bertz CT molecular complexity index is 837. The monoisotopic (exact) mass is 359 g/mol. The second-order valence-corrected chi connectivity index (χ2v) is 9.12. The number of carbonyl (C=O) groups excluding carboxylic acids is 1. The molecule has 4 nitrogen and oxygen atoms in total. The van der Waals surface area contributed by atoms with Crippen LogP contribution in [0.25, 0.3) is 0 Å². The highest BCUT2D eigenvalue weighted by atomic mass is 32.2. The van der Waals surface area contributed by atoms with Crippen molar-refractivity contribution in [3.63, 3.8) is 0 Å². The number of carbonyl (C=O) groups is 1. The number of aryl methyl sites for hydroxylation is 1. The van der Waals surface area contributed by atoms with Gasteiger partial charge in [-0.3, -0.25) is 4.79 Å². The first-order valence-corrected chi connectivity index (χ1v) is 9.89. The maximum Gasteiger partial charge on any atom is 0.238 e. The van der Waals surface area contributed by atoms with Gasteiger partial charge in [0.15, 0.2) is 9.84 Å². The zero-order chi connectivity index (χ0) is 18.7. The van der Waals surface area contributed by atoms with Crippen LogP contribution >= 0.6 is 0 Å². The Labute approximate surface area is 150 Å². The summed E-state index contributed by atoms with van der Waals surface area (Å²) in [5.41, 5.74) is 1.15. The van der Waals surface area contributed by atoms with E-state index in [4.69, 9.17) is 0 Å². The fourth-order valence-corrected chi connectivity index (χ4v) is 4.17. The third-order valence-corrected chi connectivity index (χ3v) is 5.79. The standard InChI is InChI=1S/C20H25NO3S/c1-16-10-8-9-13-18(16)25(23,24)15-19(22)21(20(2,3)4)14-17-11-6-5-7-12-17/h5-13H,14-15H2,1-4H3. The molecule has 0 N–H and O–H groups in total. The highest BCUT2D eigenvalue weighted by molar-refractivity contribution is 7.92. The summed E-state index contributed by atoms with van der Waals surface area (Å²) in [6.07, 6.45) is 0. The van der Waals surface area contributed by atoms with Crippen LogP contribution in [0.5, 0.6) is 0 Å². The van der Waals surface area contributed by atoms with Crippen molar-refractivity contribution in [1.82, 2.24) is 4.90 Å². The van der Waals surface area contributed by atoms with Crippen LogP contribution < -0.4 is 0 Å². The molecule has 0 heterocycles. The van der Waals surface area contributed by atoms with Crippen LogP contribution in [0.3, 0.4) is 0 Å². The molecule has 0 saturated heterocycles. The lowest BCUT2D eigenvalue weighted by Crippen LogP contribution is -2.47. The van der Waals surface area contributed by atoms with Crippen molar-refractivity contribution in [2.24, 2.45) is 0 Å². The fourth-order valence-electron chi connectivity index (χ4n) is 2.69. The van der Waals surface area contributed by atoms with Gasteiger partial charge in [0.25, 0.3) is 0 Å². The summed E-state index contributed by atoms with van der Waals surface area (Å²) in [6.45, 7) is 7.85. The number of hydrogen-bond acceptors (Lipinski definition) is 3. The molecule has 0 aliphatic heterocycles. The van der Waals surface area contributed by atoms with Crippen LogP contribution in [-0.4, -0.2) is 30.5 Å². The van der Waals surface area contributed by atoms with Crippen LogP contribution in [0.15, 0.2) is 59.5 Å². The van der Waals surface area contributed by atoms with E-state index in [1.807, 2.05) is 51.1 Å². The molecule has 2 aromatic rings. The van der Waals surface area contributed by atoms with Crippen LogP contribution in [0, 0.1) is 6.92 Å². The number of benzene rings is 2. The topological polar surface area (TPSA) is 54.5 Å². The normalized spacial score (nSPS) is 12.0. The third-order valence-electron chi connectivity index (χ3n) is 4.04. The predicted molar refractivity (Wildman–Crippen MR) is 100.0 cm³/mol. The fraction of sp³-hybridized carbons (Fsp3) is 0.350. The van der Waals surface area contributed by atoms with Crippen molar-refractivity contribution >= 4 is 15.7 Å². The minimum atomic E-state index is -3.68. The molecule has 0 aromatic heterocycles. The first kappa shape index (κ1) is 19.2. The Morgan fingerprint density at radius 3 is 2.08 bits per heavy atom. The molecule has 0 aliphatic rings. The third kappa shape index (κ3) is 4.92. The first-order chi connectivity index (χ1) is 11.6.